The Kier molecular flexibility index (Phi) is 17.0. The maximum atomic E-state index is 12.1. The van der Waals surface area contributed by atoms with E-state index >= 15 is 0 Å². The topological polar surface area (TPSA) is 272 Å². The van der Waals surface area contributed by atoms with Gasteiger partial charge in [0.2, 0.25) is 11.9 Å². The number of benzene rings is 4. The number of methoxy groups -OCH3 is 2. The Morgan fingerprint density at radius 1 is 0.652 bits per heavy atom. The first-order valence-electron chi connectivity index (χ1n) is 19.5. The number of nitrogens with zero attached hydrogens (tertiary/aromatic N) is 5. The minimum Gasteiger partial charge on any atom is -0.790 e. The molecule has 66 heavy (non-hydrogen) atoms. The van der Waals surface area contributed by atoms with Crippen LogP contribution in [0, 0.1) is 41.5 Å². The van der Waals surface area contributed by atoms with E-state index in [0.29, 0.717) is 40.3 Å². The van der Waals surface area contributed by atoms with Gasteiger partial charge in [-0.2, -0.15) is 9.97 Å². The number of rotatable bonds is 13. The van der Waals surface area contributed by atoms with Gasteiger partial charge in [-0.05, 0) is 112 Å². The fourth-order valence-corrected chi connectivity index (χ4v) is 6.69. The van der Waals surface area contributed by atoms with E-state index in [1.54, 1.807) is 50.9 Å². The monoisotopic (exact) mass is 936 g/mol. The van der Waals surface area contributed by atoms with Gasteiger partial charge in [0, 0.05) is 58.4 Å². The largest absolute Gasteiger partial charge is 1.00 e. The molecule has 0 saturated heterocycles. The van der Waals surface area contributed by atoms with Gasteiger partial charge in [0.05, 0.1) is 33.1 Å². The minimum atomic E-state index is -5.27. The van der Waals surface area contributed by atoms with Crippen molar-refractivity contribution in [2.24, 2.45) is 0 Å². The maximum Gasteiger partial charge on any atom is 1.00 e. The van der Waals surface area contributed by atoms with Gasteiger partial charge >= 0.3 is 70.6 Å². The smallest absolute Gasteiger partial charge is 0.790 e. The standard InChI is InChI=1S/C22H24N5O7P.C21H21N5O3.2Na/c1-12-7-16(9-19(32-4)14(12)3)25-21-23-10-13(2)20(26-21)24-15-5-6-18-17(8-15)27(22(28)34-18)11-33-35(29,30)31;1-11-7-15(9-18(28-4)13(11)3)24-20-22-10-12(2)19(26-20)23-14-5-6-17-16(8-14)25-21(27)29-17;;/h5-10H,11H2,1-4H3,(H2,29,30,31)(H2,23,24,25,26);5-10H,1-4H3,(H,25,27)(H2,22,23,24,26);;/q;;2*+1/p-2. The summed E-state index contributed by atoms with van der Waals surface area (Å²) in [4.78, 5) is 65.5. The summed E-state index contributed by atoms with van der Waals surface area (Å²) in [5.74, 6) is 2.16. The molecule has 0 aliphatic rings. The van der Waals surface area contributed by atoms with E-state index in [0.717, 1.165) is 66.5 Å². The van der Waals surface area contributed by atoms with E-state index in [4.69, 9.17) is 18.3 Å². The summed E-state index contributed by atoms with van der Waals surface area (Å²) in [6, 6.07) is 17.8. The molecule has 8 rings (SSSR count). The molecule has 23 heteroatoms. The number of oxazole rings is 2. The van der Waals surface area contributed by atoms with Crippen LogP contribution in [0.5, 0.6) is 11.5 Å². The molecule has 332 valence electrons. The predicted molar refractivity (Wildman–Crippen MR) is 238 cm³/mol. The molecule has 0 bridgehead atoms. The zero-order chi connectivity index (χ0) is 45.9. The first-order valence-corrected chi connectivity index (χ1v) is 20.9. The third-order valence-electron chi connectivity index (χ3n) is 10.1. The van der Waals surface area contributed by atoms with Crippen LogP contribution < -0.4 is 111 Å². The number of H-pyrrole nitrogens is 1. The number of phosphoric ester groups is 1. The minimum absolute atomic E-state index is 0. The van der Waals surface area contributed by atoms with Crippen molar-refractivity contribution in [2.75, 3.05) is 35.5 Å². The zero-order valence-electron chi connectivity index (χ0n) is 37.9. The first kappa shape index (κ1) is 51.5. The Hall–Kier alpha value is -5.51. The summed E-state index contributed by atoms with van der Waals surface area (Å²) in [7, 11) is -2.01. The molecule has 0 amide bonds. The molecular formula is C43H43N10Na2O10P. The number of hydrogen-bond donors (Lipinski definition) is 5. The molecule has 4 heterocycles. The van der Waals surface area contributed by atoms with Crippen LogP contribution in [0.3, 0.4) is 0 Å². The molecule has 4 aromatic heterocycles. The van der Waals surface area contributed by atoms with Crippen LogP contribution in [0.15, 0.2) is 91.5 Å². The van der Waals surface area contributed by atoms with Crippen LogP contribution in [-0.2, 0) is 15.8 Å². The fourth-order valence-electron chi connectivity index (χ4n) is 6.43. The van der Waals surface area contributed by atoms with E-state index in [9.17, 15) is 23.9 Å². The molecule has 0 fully saturated rings. The van der Waals surface area contributed by atoms with Crippen LogP contribution in [0.2, 0.25) is 0 Å². The number of nitrogens with one attached hydrogen (secondary N) is 5. The molecule has 0 unspecified atom stereocenters. The molecular weight excluding hydrogens is 893 g/mol. The van der Waals surface area contributed by atoms with Gasteiger partial charge in [0.1, 0.15) is 29.9 Å². The van der Waals surface area contributed by atoms with Gasteiger partial charge in [0.25, 0.3) is 0 Å². The van der Waals surface area contributed by atoms with Gasteiger partial charge in [-0.15, -0.1) is 0 Å². The van der Waals surface area contributed by atoms with Crippen molar-refractivity contribution in [1.82, 2.24) is 29.5 Å². The van der Waals surface area contributed by atoms with Gasteiger partial charge < -0.3 is 58.5 Å². The van der Waals surface area contributed by atoms with Gasteiger partial charge in [-0.3, -0.25) is 4.98 Å². The van der Waals surface area contributed by atoms with Crippen molar-refractivity contribution in [2.45, 2.75) is 48.3 Å². The van der Waals surface area contributed by atoms with Crippen molar-refractivity contribution >= 4 is 76.3 Å². The predicted octanol–water partition coefficient (Wildman–Crippen LogP) is 0.949. The molecule has 20 nitrogen and oxygen atoms in total. The molecule has 0 saturated carbocycles. The number of ether oxygens (including phenoxy) is 2. The van der Waals surface area contributed by atoms with Crippen molar-refractivity contribution < 1.29 is 96.3 Å². The molecule has 0 aliphatic carbocycles. The van der Waals surface area contributed by atoms with E-state index in [1.165, 1.54) is 6.07 Å². The van der Waals surface area contributed by atoms with Crippen LogP contribution in [-0.4, -0.2) is 43.7 Å². The fraction of sp³-hybridized carbons (Fsp3) is 0.209. The first-order chi connectivity index (χ1) is 30.5. The Morgan fingerprint density at radius 3 is 1.65 bits per heavy atom. The Bertz CT molecular complexity index is 3200. The maximum absolute atomic E-state index is 12.1. The SMILES string of the molecule is COc1cc(Nc2ncc(C)c(Nc3ccc4oc(=O)[nH]c4c3)n2)cc(C)c1C.COc1cc(Nc2ncc(C)c(Nc3ccc4oc(=O)n(COP(=O)([O-])[O-])c4c3)n2)cc(C)c1C.[Na+].[Na+]. The van der Waals surface area contributed by atoms with Crippen molar-refractivity contribution in [1.29, 1.82) is 0 Å². The van der Waals surface area contributed by atoms with E-state index in [1.807, 2.05) is 71.9 Å². The van der Waals surface area contributed by atoms with Gasteiger partial charge in [0.15, 0.2) is 11.2 Å². The molecule has 5 N–H and O–H groups in total. The quantitative estimate of drug-likeness (QED) is 0.0795. The Labute approximate surface area is 421 Å². The van der Waals surface area contributed by atoms with Crippen LogP contribution in [0.25, 0.3) is 22.2 Å². The van der Waals surface area contributed by atoms with E-state index < -0.39 is 26.1 Å². The normalized spacial score (nSPS) is 10.9. The van der Waals surface area contributed by atoms with Gasteiger partial charge in [-0.1, -0.05) is 0 Å². The number of anilines is 8. The van der Waals surface area contributed by atoms with Crippen LogP contribution in [0.4, 0.5) is 46.3 Å². The molecule has 8 aromatic rings. The molecule has 0 radical (unpaired) electrons. The second-order valence-electron chi connectivity index (χ2n) is 14.6. The number of aryl methyl sites for hydroxylation is 4. The second kappa shape index (κ2) is 21.9. The molecule has 0 aliphatic heterocycles. The number of hydrogen-bond acceptors (Lipinski definition) is 18. The number of phosphoric acid groups is 1. The van der Waals surface area contributed by atoms with Crippen LogP contribution >= 0.6 is 7.82 Å². The summed E-state index contributed by atoms with van der Waals surface area (Å²) >= 11 is 0. The van der Waals surface area contributed by atoms with Crippen molar-refractivity contribution in [3.63, 3.8) is 0 Å². The summed E-state index contributed by atoms with van der Waals surface area (Å²) in [6.45, 7) is 11.0. The molecule has 0 spiro atoms. The van der Waals surface area contributed by atoms with Crippen molar-refractivity contribution in [3.8, 4) is 11.5 Å². The summed E-state index contributed by atoms with van der Waals surface area (Å²) in [6.07, 6.45) is 3.39. The summed E-state index contributed by atoms with van der Waals surface area (Å²) in [5, 5.41) is 12.8. The summed E-state index contributed by atoms with van der Waals surface area (Å²) in [5.41, 5.74) is 10.4. The van der Waals surface area contributed by atoms with Crippen LogP contribution in [0.1, 0.15) is 33.4 Å². The molecule has 4 aromatic carbocycles. The average Bonchev–Trinajstić information content (AvgIpc) is 3.78. The second-order valence-corrected chi connectivity index (χ2v) is 15.8. The van der Waals surface area contributed by atoms with E-state index in [-0.39, 0.29) is 70.2 Å². The Morgan fingerprint density at radius 2 is 1.15 bits per heavy atom. The van der Waals surface area contributed by atoms with Crippen molar-refractivity contribution in [3.05, 3.63) is 128 Å². The number of fused-ring (bicyclic) bond motifs is 2. The van der Waals surface area contributed by atoms with E-state index in [2.05, 4.69) is 50.7 Å². The summed E-state index contributed by atoms with van der Waals surface area (Å²) < 4.78 is 36.9. The zero-order valence-corrected chi connectivity index (χ0v) is 42.8. The number of aromatic nitrogens is 6. The molecule has 0 atom stereocenters. The van der Waals surface area contributed by atoms with Gasteiger partial charge in [-0.25, -0.2) is 24.1 Å². The average molecular weight is 937 g/mol. The number of aromatic amines is 1. The Balaban J connectivity index is 0.000000244. The third-order valence-corrected chi connectivity index (χ3v) is 10.5. The third kappa shape index (κ3) is 12.5.